The largest absolute Gasteiger partial charge is 0.436 e. The Balaban J connectivity index is 1.94. The van der Waals surface area contributed by atoms with Gasteiger partial charge in [-0.1, -0.05) is 94.7 Å². The predicted molar refractivity (Wildman–Crippen MR) is 214 cm³/mol. The van der Waals surface area contributed by atoms with Crippen molar-refractivity contribution in [2.24, 2.45) is 0 Å². The summed E-state index contributed by atoms with van der Waals surface area (Å²) in [6.45, 7) is 28.6. The van der Waals surface area contributed by atoms with Crippen LogP contribution in [0.15, 0.2) is 48.5 Å². The van der Waals surface area contributed by atoms with Gasteiger partial charge in [0.05, 0.1) is 11.6 Å². The summed E-state index contributed by atoms with van der Waals surface area (Å²) < 4.78 is 34.3. The van der Waals surface area contributed by atoms with Gasteiger partial charge in [-0.05, 0) is 113 Å². The maximum atomic E-state index is 9.10. The molecular formula is C35H65NO5Si6. The maximum absolute atomic E-state index is 9.10. The standard InChI is InChI=1S/C35H65NO5Si6/c1-14-15-16-17-18-19-20-21-30-42(2,3)37-44(6,7)39-46(10,11)41-47(12,13)40-45(8,9)38-43(4,5)35-28-26-34(27-29-35)33-24-22-32(31-36)23-25-33/h22-29H,14-21,30H2,1-13H3. The first-order valence-electron chi connectivity index (χ1n) is 17.7. The van der Waals surface area contributed by atoms with Crippen molar-refractivity contribution in [1.29, 1.82) is 5.26 Å². The first kappa shape index (κ1) is 42.2. The lowest BCUT2D eigenvalue weighted by Crippen LogP contribution is -2.61. The van der Waals surface area contributed by atoms with Crippen LogP contribution in [0, 0.1) is 11.3 Å². The Bertz CT molecular complexity index is 1270. The van der Waals surface area contributed by atoms with Crippen molar-refractivity contribution in [2.75, 3.05) is 0 Å². The third-order valence-corrected chi connectivity index (χ3v) is 31.3. The van der Waals surface area contributed by atoms with Crippen LogP contribution in [0.2, 0.25) is 84.6 Å². The maximum Gasteiger partial charge on any atom is 0.314 e. The molecule has 0 aliphatic heterocycles. The molecule has 2 aromatic rings. The first-order chi connectivity index (χ1) is 21.6. The Morgan fingerprint density at radius 3 is 1.32 bits per heavy atom. The zero-order valence-corrected chi connectivity index (χ0v) is 38.0. The normalized spacial score (nSPS) is 13.5. The highest BCUT2D eigenvalue weighted by atomic mass is 28.5. The second-order valence-electron chi connectivity index (χ2n) is 15.9. The van der Waals surface area contributed by atoms with Gasteiger partial charge >= 0.3 is 34.2 Å². The second-order valence-corrected chi connectivity index (χ2v) is 38.8. The van der Waals surface area contributed by atoms with Crippen LogP contribution in [0.3, 0.4) is 0 Å². The molecule has 2 rings (SSSR count). The minimum absolute atomic E-state index is 0.668. The summed E-state index contributed by atoms with van der Waals surface area (Å²) >= 11 is 0. The lowest BCUT2D eigenvalue weighted by Gasteiger charge is -2.43. The predicted octanol–water partition coefficient (Wildman–Crippen LogP) is 10.9. The molecule has 12 heteroatoms. The molecule has 47 heavy (non-hydrogen) atoms. The third-order valence-electron chi connectivity index (χ3n) is 8.06. The summed E-state index contributed by atoms with van der Waals surface area (Å²) in [7, 11) is -14.2. The fourth-order valence-electron chi connectivity index (χ4n) is 6.73. The molecule has 0 atom stereocenters. The van der Waals surface area contributed by atoms with E-state index in [-0.39, 0.29) is 0 Å². The molecule has 0 aliphatic carbocycles. The molecule has 6 nitrogen and oxygen atoms in total. The van der Waals surface area contributed by atoms with Crippen molar-refractivity contribution in [3.8, 4) is 17.2 Å². The number of unbranched alkanes of at least 4 members (excludes halogenated alkanes) is 7. The monoisotopic (exact) mass is 747 g/mol. The first-order valence-corrected chi connectivity index (χ1v) is 35.0. The molecule has 0 saturated carbocycles. The number of nitriles is 1. The summed E-state index contributed by atoms with van der Waals surface area (Å²) in [5, 5.41) is 10.3. The van der Waals surface area contributed by atoms with Crippen LogP contribution in [0.4, 0.5) is 0 Å². The van der Waals surface area contributed by atoms with E-state index in [2.05, 4.69) is 116 Å². The van der Waals surface area contributed by atoms with E-state index in [0.717, 1.165) is 11.1 Å². The zero-order valence-electron chi connectivity index (χ0n) is 32.0. The molecule has 0 bridgehead atoms. The van der Waals surface area contributed by atoms with Gasteiger partial charge < -0.3 is 20.6 Å². The topological polar surface area (TPSA) is 69.9 Å². The molecule has 0 spiro atoms. The van der Waals surface area contributed by atoms with Gasteiger partial charge in [0.2, 0.25) is 8.32 Å². The zero-order chi connectivity index (χ0) is 35.6. The van der Waals surface area contributed by atoms with E-state index < -0.39 is 50.9 Å². The van der Waals surface area contributed by atoms with E-state index in [1.165, 1.54) is 62.6 Å². The Labute approximate surface area is 294 Å². The van der Waals surface area contributed by atoms with Crippen LogP contribution in [0.1, 0.15) is 63.9 Å². The van der Waals surface area contributed by atoms with Crippen LogP contribution >= 0.6 is 0 Å². The van der Waals surface area contributed by atoms with E-state index in [1.54, 1.807) is 0 Å². The van der Waals surface area contributed by atoms with Crippen molar-refractivity contribution >= 4 is 56.1 Å². The second kappa shape index (κ2) is 17.8. The fourth-order valence-corrected chi connectivity index (χ4v) is 36.3. The smallest absolute Gasteiger partial charge is 0.314 e. The molecule has 264 valence electrons. The van der Waals surface area contributed by atoms with Gasteiger partial charge in [-0.25, -0.2) is 0 Å². The summed E-state index contributed by atoms with van der Waals surface area (Å²) in [6, 6.07) is 19.7. The van der Waals surface area contributed by atoms with Gasteiger partial charge in [0.1, 0.15) is 0 Å². The molecule has 0 N–H and O–H groups in total. The van der Waals surface area contributed by atoms with E-state index >= 15 is 0 Å². The van der Waals surface area contributed by atoms with Crippen molar-refractivity contribution in [1.82, 2.24) is 0 Å². The van der Waals surface area contributed by atoms with Gasteiger partial charge in [0.15, 0.2) is 8.32 Å². The van der Waals surface area contributed by atoms with Crippen LogP contribution in [-0.4, -0.2) is 50.9 Å². The Morgan fingerprint density at radius 2 is 0.872 bits per heavy atom. The van der Waals surface area contributed by atoms with Crippen LogP contribution in [0.5, 0.6) is 0 Å². The minimum atomic E-state index is -2.59. The molecule has 0 unspecified atom stereocenters. The highest BCUT2D eigenvalue weighted by Crippen LogP contribution is 2.29. The average molecular weight is 748 g/mol. The molecule has 0 aromatic heterocycles. The lowest BCUT2D eigenvalue weighted by atomic mass is 10.0. The Hall–Kier alpha value is -0.969. The highest BCUT2D eigenvalue weighted by Gasteiger charge is 2.47. The van der Waals surface area contributed by atoms with Crippen molar-refractivity contribution in [3.05, 3.63) is 54.1 Å². The van der Waals surface area contributed by atoms with Gasteiger partial charge in [0, 0.05) is 0 Å². The average Bonchev–Trinajstić information content (AvgIpc) is 2.91. The van der Waals surface area contributed by atoms with E-state index in [0.29, 0.717) is 5.56 Å². The van der Waals surface area contributed by atoms with Gasteiger partial charge in [-0.3, -0.25) is 0 Å². The summed E-state index contributed by atoms with van der Waals surface area (Å²) in [5.41, 5.74) is 2.89. The number of rotatable bonds is 21. The molecule has 0 fully saturated rings. The SMILES string of the molecule is CCCCCCCCCC[Si](C)(C)O[Si](C)(C)O[Si](C)(C)O[Si](C)(C)O[Si](C)(C)O[Si](C)(C)c1ccc(-c2ccc(C#N)cc2)cc1. The van der Waals surface area contributed by atoms with Gasteiger partial charge in [-0.2, -0.15) is 5.26 Å². The Kier molecular flexibility index (Phi) is 16.0. The number of benzene rings is 2. The van der Waals surface area contributed by atoms with Gasteiger partial charge in [0.25, 0.3) is 0 Å². The molecule has 2 aromatic carbocycles. The van der Waals surface area contributed by atoms with Crippen LogP contribution < -0.4 is 5.19 Å². The van der Waals surface area contributed by atoms with Crippen molar-refractivity contribution in [3.63, 3.8) is 0 Å². The summed E-state index contributed by atoms with van der Waals surface area (Å²) in [4.78, 5) is 0. The van der Waals surface area contributed by atoms with Crippen molar-refractivity contribution in [2.45, 2.75) is 143 Å². The van der Waals surface area contributed by atoms with E-state index in [4.69, 9.17) is 25.8 Å². The minimum Gasteiger partial charge on any atom is -0.436 e. The van der Waals surface area contributed by atoms with E-state index in [9.17, 15) is 0 Å². The lowest BCUT2D eigenvalue weighted by molar-refractivity contribution is 0.282. The number of nitrogens with zero attached hydrogens (tertiary/aromatic N) is 1. The quantitative estimate of drug-likeness (QED) is 0.0935. The number of hydrogen-bond donors (Lipinski definition) is 0. The summed E-state index contributed by atoms with van der Waals surface area (Å²) in [5.74, 6) is 0. The third kappa shape index (κ3) is 16.1. The molecular weight excluding hydrogens is 683 g/mol. The Morgan fingerprint density at radius 1 is 0.489 bits per heavy atom. The van der Waals surface area contributed by atoms with E-state index in [1.807, 2.05) is 24.3 Å². The molecule has 0 amide bonds. The van der Waals surface area contributed by atoms with Crippen LogP contribution in [0.25, 0.3) is 11.1 Å². The highest BCUT2D eigenvalue weighted by molar-refractivity contribution is 6.94. The molecule has 0 saturated heterocycles. The molecule has 0 heterocycles. The molecule has 0 aliphatic rings. The van der Waals surface area contributed by atoms with Gasteiger partial charge in [-0.15, -0.1) is 0 Å². The fraction of sp³-hybridized carbons (Fsp3) is 0.629. The summed E-state index contributed by atoms with van der Waals surface area (Å²) in [6.07, 6.45) is 10.7. The van der Waals surface area contributed by atoms with Crippen molar-refractivity contribution < 1.29 is 20.6 Å². The molecule has 0 radical (unpaired) electrons. The number of hydrogen-bond acceptors (Lipinski definition) is 6. The van der Waals surface area contributed by atoms with Crippen LogP contribution in [-0.2, 0) is 20.6 Å².